The Kier molecular flexibility index (Phi) is 7.05. The molecule has 158 valence electrons. The van der Waals surface area contributed by atoms with Gasteiger partial charge in [0, 0.05) is 0 Å². The molecule has 0 heterocycles. The number of ether oxygens (including phenoxy) is 1. The molecule has 8 heteroatoms. The maximum absolute atomic E-state index is 13.5. The summed E-state index contributed by atoms with van der Waals surface area (Å²) in [4.78, 5) is 23.8. The van der Waals surface area contributed by atoms with Crippen molar-refractivity contribution in [1.82, 2.24) is 5.43 Å². The molecule has 0 aliphatic carbocycles. The van der Waals surface area contributed by atoms with E-state index >= 15 is 0 Å². The molecule has 0 unspecified atom stereocenters. The predicted octanol–water partition coefficient (Wildman–Crippen LogP) is 4.02. The second kappa shape index (κ2) is 10.1. The summed E-state index contributed by atoms with van der Waals surface area (Å²) in [6, 6.07) is 18.5. The van der Waals surface area contributed by atoms with Crippen LogP contribution in [0.3, 0.4) is 0 Å². The van der Waals surface area contributed by atoms with Crippen molar-refractivity contribution in [1.29, 1.82) is 0 Å². The van der Waals surface area contributed by atoms with Crippen molar-refractivity contribution in [2.24, 2.45) is 5.10 Å². The van der Waals surface area contributed by atoms with Crippen molar-refractivity contribution >= 4 is 23.2 Å². The number of anilines is 1. The van der Waals surface area contributed by atoms with Gasteiger partial charge in [0.15, 0.2) is 0 Å². The Balaban J connectivity index is 1.53. The number of halogens is 2. The van der Waals surface area contributed by atoms with Gasteiger partial charge in [0.2, 0.25) is 0 Å². The van der Waals surface area contributed by atoms with Crippen LogP contribution in [0.2, 0.25) is 0 Å². The summed E-state index contributed by atoms with van der Waals surface area (Å²) >= 11 is 0. The predicted molar refractivity (Wildman–Crippen MR) is 113 cm³/mol. The number of hydrogen-bond acceptors (Lipinski definition) is 4. The van der Waals surface area contributed by atoms with Crippen LogP contribution in [-0.2, 0) is 16.2 Å². The highest BCUT2D eigenvalue weighted by Gasteiger charge is 2.15. The lowest BCUT2D eigenvalue weighted by atomic mass is 10.1. The number of para-hydroxylation sites is 1. The summed E-state index contributed by atoms with van der Waals surface area (Å²) in [6.45, 7) is 1.95. The van der Waals surface area contributed by atoms with Gasteiger partial charge in [0.1, 0.15) is 24.0 Å². The van der Waals surface area contributed by atoms with Crippen LogP contribution in [0.25, 0.3) is 0 Å². The zero-order chi connectivity index (χ0) is 22.2. The standard InChI is InChI=1S/C23H19F2N3O3/c1-15(27-28-23(30)22(29)26-21-5-3-2-4-20(21)25)17-8-12-19(13-9-17)31-14-16-6-10-18(24)11-7-16/h2-13H,14H2,1H3,(H,26,29)(H,28,30)/b27-15+. The second-order valence-corrected chi connectivity index (χ2v) is 6.51. The average molecular weight is 423 g/mol. The normalized spacial score (nSPS) is 11.0. The highest BCUT2D eigenvalue weighted by Crippen LogP contribution is 2.15. The molecule has 31 heavy (non-hydrogen) atoms. The Hall–Kier alpha value is -4.07. The van der Waals surface area contributed by atoms with Crippen molar-refractivity contribution < 1.29 is 23.1 Å². The van der Waals surface area contributed by atoms with Gasteiger partial charge in [-0.25, -0.2) is 14.2 Å². The zero-order valence-electron chi connectivity index (χ0n) is 16.6. The Morgan fingerprint density at radius 3 is 2.26 bits per heavy atom. The van der Waals surface area contributed by atoms with Crippen LogP contribution < -0.4 is 15.5 Å². The lowest BCUT2D eigenvalue weighted by Crippen LogP contribution is -2.33. The smallest absolute Gasteiger partial charge is 0.329 e. The number of carbonyl (C=O) groups is 2. The zero-order valence-corrected chi connectivity index (χ0v) is 16.6. The molecule has 3 rings (SSSR count). The highest BCUT2D eigenvalue weighted by atomic mass is 19.1. The van der Waals surface area contributed by atoms with E-state index in [9.17, 15) is 18.4 Å². The molecule has 6 nitrogen and oxygen atoms in total. The van der Waals surface area contributed by atoms with Gasteiger partial charge in [-0.3, -0.25) is 9.59 Å². The first kappa shape index (κ1) is 21.6. The molecule has 0 aliphatic rings. The number of nitrogens with one attached hydrogen (secondary N) is 2. The van der Waals surface area contributed by atoms with Crippen molar-refractivity contribution in [3.8, 4) is 5.75 Å². The molecule has 0 saturated carbocycles. The summed E-state index contributed by atoms with van der Waals surface area (Å²) in [6.07, 6.45) is 0. The van der Waals surface area contributed by atoms with E-state index in [1.807, 2.05) is 0 Å². The van der Waals surface area contributed by atoms with Crippen LogP contribution in [-0.4, -0.2) is 17.5 Å². The Labute approximate surface area is 177 Å². The first-order valence-corrected chi connectivity index (χ1v) is 9.30. The van der Waals surface area contributed by atoms with E-state index in [0.717, 1.165) is 5.56 Å². The molecule has 3 aromatic carbocycles. The highest BCUT2D eigenvalue weighted by molar-refractivity contribution is 6.39. The third kappa shape index (κ3) is 6.20. The summed E-state index contributed by atoms with van der Waals surface area (Å²) in [5, 5.41) is 6.08. The van der Waals surface area contributed by atoms with E-state index in [2.05, 4.69) is 15.8 Å². The summed E-state index contributed by atoms with van der Waals surface area (Å²) in [5.41, 5.74) is 4.03. The molecular formula is C23H19F2N3O3. The van der Waals surface area contributed by atoms with Gasteiger partial charge in [-0.2, -0.15) is 5.10 Å². The molecule has 0 atom stereocenters. The van der Waals surface area contributed by atoms with Gasteiger partial charge in [-0.15, -0.1) is 0 Å². The number of benzene rings is 3. The van der Waals surface area contributed by atoms with Crippen LogP contribution >= 0.6 is 0 Å². The van der Waals surface area contributed by atoms with Gasteiger partial charge in [-0.05, 0) is 66.6 Å². The first-order valence-electron chi connectivity index (χ1n) is 9.30. The minimum atomic E-state index is -1.04. The molecule has 0 aliphatic heterocycles. The van der Waals surface area contributed by atoms with Gasteiger partial charge in [-0.1, -0.05) is 24.3 Å². The van der Waals surface area contributed by atoms with E-state index in [-0.39, 0.29) is 11.5 Å². The van der Waals surface area contributed by atoms with Crippen molar-refractivity contribution in [3.63, 3.8) is 0 Å². The topological polar surface area (TPSA) is 79.8 Å². The lowest BCUT2D eigenvalue weighted by Gasteiger charge is -2.08. The van der Waals surface area contributed by atoms with E-state index < -0.39 is 17.6 Å². The third-order valence-electron chi connectivity index (χ3n) is 4.24. The van der Waals surface area contributed by atoms with Gasteiger partial charge in [0.05, 0.1) is 11.4 Å². The number of nitrogens with zero attached hydrogens (tertiary/aromatic N) is 1. The monoisotopic (exact) mass is 423 g/mol. The van der Waals surface area contributed by atoms with Crippen molar-refractivity contribution in [3.05, 3.63) is 95.6 Å². The molecule has 0 bridgehead atoms. The van der Waals surface area contributed by atoms with E-state index in [4.69, 9.17) is 4.74 Å². The fourth-order valence-corrected chi connectivity index (χ4v) is 2.53. The maximum atomic E-state index is 13.5. The van der Waals surface area contributed by atoms with Crippen LogP contribution in [0.5, 0.6) is 5.75 Å². The quantitative estimate of drug-likeness (QED) is 0.357. The minimum absolute atomic E-state index is 0.0976. The Bertz CT molecular complexity index is 1100. The summed E-state index contributed by atoms with van der Waals surface area (Å²) < 4.78 is 32.1. The second-order valence-electron chi connectivity index (χ2n) is 6.51. The van der Waals surface area contributed by atoms with E-state index in [0.29, 0.717) is 23.6 Å². The SMILES string of the molecule is C/C(=N\NC(=O)C(=O)Nc1ccccc1F)c1ccc(OCc2ccc(F)cc2)cc1. The Morgan fingerprint density at radius 1 is 0.903 bits per heavy atom. The molecule has 0 radical (unpaired) electrons. The summed E-state index contributed by atoms with van der Waals surface area (Å²) in [5.74, 6) is -2.41. The van der Waals surface area contributed by atoms with Crippen LogP contribution in [0.1, 0.15) is 18.1 Å². The van der Waals surface area contributed by atoms with Crippen LogP contribution in [0.15, 0.2) is 77.9 Å². The van der Waals surface area contributed by atoms with Crippen LogP contribution in [0.4, 0.5) is 14.5 Å². The number of amides is 2. The molecular weight excluding hydrogens is 404 g/mol. The van der Waals surface area contributed by atoms with E-state index in [1.54, 1.807) is 43.3 Å². The molecule has 0 fully saturated rings. The number of hydrazone groups is 1. The van der Waals surface area contributed by atoms with Crippen LogP contribution in [0, 0.1) is 11.6 Å². The number of carbonyl (C=O) groups excluding carboxylic acids is 2. The number of hydrogen-bond donors (Lipinski definition) is 2. The molecule has 0 aromatic heterocycles. The molecule has 0 spiro atoms. The third-order valence-corrected chi connectivity index (χ3v) is 4.24. The largest absolute Gasteiger partial charge is 0.489 e. The average Bonchev–Trinajstić information content (AvgIpc) is 2.78. The van der Waals surface area contributed by atoms with Gasteiger partial charge < -0.3 is 10.1 Å². The maximum Gasteiger partial charge on any atom is 0.329 e. The fraction of sp³-hybridized carbons (Fsp3) is 0.0870. The van der Waals surface area contributed by atoms with Crippen molar-refractivity contribution in [2.45, 2.75) is 13.5 Å². The molecule has 0 saturated heterocycles. The number of rotatable bonds is 6. The van der Waals surface area contributed by atoms with Gasteiger partial charge >= 0.3 is 11.8 Å². The Morgan fingerprint density at radius 2 is 1.58 bits per heavy atom. The van der Waals surface area contributed by atoms with Crippen molar-refractivity contribution in [2.75, 3.05) is 5.32 Å². The molecule has 3 aromatic rings. The van der Waals surface area contributed by atoms with E-state index in [1.165, 1.54) is 36.4 Å². The van der Waals surface area contributed by atoms with Gasteiger partial charge in [0.25, 0.3) is 0 Å². The minimum Gasteiger partial charge on any atom is -0.489 e. The lowest BCUT2D eigenvalue weighted by molar-refractivity contribution is -0.136. The fourth-order valence-electron chi connectivity index (χ4n) is 2.53. The first-order chi connectivity index (χ1) is 14.9. The molecule has 2 amide bonds. The summed E-state index contributed by atoms with van der Waals surface area (Å²) in [7, 11) is 0. The molecule has 2 N–H and O–H groups in total.